The molecule has 0 N–H and O–H groups in total. The Labute approximate surface area is 67.0 Å². The quantitative estimate of drug-likeness (QED) is 0.603. The fourth-order valence-electron chi connectivity index (χ4n) is 1.66. The van der Waals surface area contributed by atoms with Crippen LogP contribution in [0.4, 0.5) is 4.39 Å². The second kappa shape index (κ2) is 3.33. The summed E-state index contributed by atoms with van der Waals surface area (Å²) in [4.78, 5) is 11.3. The Kier molecular flexibility index (Phi) is 2.63. The smallest absolute Gasteiger partial charge is 0.138 e. The van der Waals surface area contributed by atoms with Crippen LogP contribution in [0.1, 0.15) is 33.1 Å². The molecule has 0 unspecified atom stereocenters. The molecular weight excluding hydrogens is 143 g/mol. The summed E-state index contributed by atoms with van der Waals surface area (Å²) in [7, 11) is 0. The highest BCUT2D eigenvalue weighted by molar-refractivity contribution is 5.83. The van der Waals surface area contributed by atoms with Gasteiger partial charge in [-0.15, -0.1) is 0 Å². The van der Waals surface area contributed by atoms with Crippen molar-refractivity contribution in [3.8, 4) is 0 Å². The molecule has 64 valence electrons. The van der Waals surface area contributed by atoms with Crippen LogP contribution in [0, 0.1) is 11.8 Å². The van der Waals surface area contributed by atoms with E-state index in [-0.39, 0.29) is 17.6 Å². The van der Waals surface area contributed by atoms with Crippen molar-refractivity contribution < 1.29 is 9.18 Å². The maximum Gasteiger partial charge on any atom is 0.138 e. The SMILES string of the molecule is CC(C)C(=O)[C@H]1CC[C@H](F)C1. The predicted molar refractivity (Wildman–Crippen MR) is 42.1 cm³/mol. The molecule has 0 spiro atoms. The van der Waals surface area contributed by atoms with Crippen molar-refractivity contribution in [1.29, 1.82) is 0 Å². The molecule has 11 heavy (non-hydrogen) atoms. The van der Waals surface area contributed by atoms with Crippen LogP contribution in [0.25, 0.3) is 0 Å². The van der Waals surface area contributed by atoms with E-state index in [1.165, 1.54) is 0 Å². The molecule has 0 aromatic rings. The number of carbonyl (C=O) groups excluding carboxylic acids is 1. The molecule has 1 nitrogen and oxygen atoms in total. The van der Waals surface area contributed by atoms with Crippen LogP contribution in [-0.2, 0) is 4.79 Å². The van der Waals surface area contributed by atoms with Gasteiger partial charge in [0.15, 0.2) is 0 Å². The van der Waals surface area contributed by atoms with E-state index < -0.39 is 6.17 Å². The molecule has 0 aliphatic heterocycles. The van der Waals surface area contributed by atoms with Gasteiger partial charge >= 0.3 is 0 Å². The monoisotopic (exact) mass is 158 g/mol. The molecular formula is C9H15FO. The van der Waals surface area contributed by atoms with Crippen LogP contribution >= 0.6 is 0 Å². The lowest BCUT2D eigenvalue weighted by Crippen LogP contribution is -2.17. The highest BCUT2D eigenvalue weighted by Crippen LogP contribution is 2.30. The largest absolute Gasteiger partial charge is 0.299 e. The van der Waals surface area contributed by atoms with Crippen LogP contribution in [0.3, 0.4) is 0 Å². The van der Waals surface area contributed by atoms with Gasteiger partial charge in [0, 0.05) is 11.8 Å². The molecule has 0 saturated heterocycles. The molecule has 1 aliphatic rings. The normalized spacial score (nSPS) is 31.3. The Bertz CT molecular complexity index is 154. The molecule has 0 amide bonds. The zero-order chi connectivity index (χ0) is 8.43. The summed E-state index contributed by atoms with van der Waals surface area (Å²) in [5.41, 5.74) is 0. The minimum Gasteiger partial charge on any atom is -0.299 e. The molecule has 0 bridgehead atoms. The van der Waals surface area contributed by atoms with Crippen molar-refractivity contribution >= 4 is 5.78 Å². The van der Waals surface area contributed by atoms with E-state index in [9.17, 15) is 9.18 Å². The first-order valence-corrected chi connectivity index (χ1v) is 4.29. The van der Waals surface area contributed by atoms with Crippen LogP contribution in [-0.4, -0.2) is 12.0 Å². The zero-order valence-corrected chi connectivity index (χ0v) is 7.14. The third-order valence-electron chi connectivity index (χ3n) is 2.34. The number of alkyl halides is 1. The first kappa shape index (κ1) is 8.69. The molecule has 2 atom stereocenters. The molecule has 1 aliphatic carbocycles. The molecule has 0 aromatic heterocycles. The fourth-order valence-corrected chi connectivity index (χ4v) is 1.66. The van der Waals surface area contributed by atoms with Crippen LogP contribution < -0.4 is 0 Å². The average molecular weight is 158 g/mol. The summed E-state index contributed by atoms with van der Waals surface area (Å²) in [6.45, 7) is 3.77. The number of rotatable bonds is 2. The number of Topliss-reactive ketones (excluding diaryl/α,β-unsaturated/α-hetero) is 1. The Balaban J connectivity index is 2.43. The number of halogens is 1. The van der Waals surface area contributed by atoms with E-state index in [0.717, 1.165) is 6.42 Å². The first-order chi connectivity index (χ1) is 5.11. The van der Waals surface area contributed by atoms with Gasteiger partial charge in [-0.1, -0.05) is 13.8 Å². The molecule has 0 radical (unpaired) electrons. The van der Waals surface area contributed by atoms with Crippen molar-refractivity contribution in [2.45, 2.75) is 39.3 Å². The van der Waals surface area contributed by atoms with Gasteiger partial charge in [-0.05, 0) is 19.3 Å². The minimum absolute atomic E-state index is 0.0185. The van der Waals surface area contributed by atoms with E-state index >= 15 is 0 Å². The molecule has 1 fully saturated rings. The summed E-state index contributed by atoms with van der Waals surface area (Å²) in [6.07, 6.45) is 1.10. The summed E-state index contributed by atoms with van der Waals surface area (Å²) >= 11 is 0. The van der Waals surface area contributed by atoms with Gasteiger partial charge in [-0.3, -0.25) is 4.79 Å². The van der Waals surface area contributed by atoms with Gasteiger partial charge in [-0.25, -0.2) is 4.39 Å². The molecule has 0 heterocycles. The maximum atomic E-state index is 12.6. The molecule has 0 aromatic carbocycles. The highest BCUT2D eigenvalue weighted by atomic mass is 19.1. The first-order valence-electron chi connectivity index (χ1n) is 4.29. The number of carbonyl (C=O) groups is 1. The Hall–Kier alpha value is -0.400. The van der Waals surface area contributed by atoms with Gasteiger partial charge in [0.2, 0.25) is 0 Å². The van der Waals surface area contributed by atoms with Crippen LogP contribution in [0.2, 0.25) is 0 Å². The van der Waals surface area contributed by atoms with E-state index in [4.69, 9.17) is 0 Å². The van der Waals surface area contributed by atoms with E-state index in [1.54, 1.807) is 0 Å². The summed E-state index contributed by atoms with van der Waals surface area (Å²) in [5, 5.41) is 0. The third kappa shape index (κ3) is 2.01. The second-order valence-electron chi connectivity index (χ2n) is 3.66. The van der Waals surface area contributed by atoms with Gasteiger partial charge in [0.1, 0.15) is 12.0 Å². The number of hydrogen-bond acceptors (Lipinski definition) is 1. The van der Waals surface area contributed by atoms with Crippen LogP contribution in [0.5, 0.6) is 0 Å². The standard InChI is InChI=1S/C9H15FO/c1-6(2)9(11)7-3-4-8(10)5-7/h6-8H,3-5H2,1-2H3/t7-,8-/m0/s1. The van der Waals surface area contributed by atoms with E-state index in [0.29, 0.717) is 12.8 Å². The highest BCUT2D eigenvalue weighted by Gasteiger charge is 2.30. The van der Waals surface area contributed by atoms with Crippen molar-refractivity contribution in [2.24, 2.45) is 11.8 Å². The minimum atomic E-state index is -0.720. The number of hydrogen-bond donors (Lipinski definition) is 0. The lowest BCUT2D eigenvalue weighted by molar-refractivity contribution is -0.125. The van der Waals surface area contributed by atoms with Crippen molar-refractivity contribution in [1.82, 2.24) is 0 Å². The lowest BCUT2D eigenvalue weighted by Gasteiger charge is -2.09. The summed E-state index contributed by atoms with van der Waals surface area (Å²) in [5.74, 6) is 0.334. The summed E-state index contributed by atoms with van der Waals surface area (Å²) < 4.78 is 12.6. The Morgan fingerprint density at radius 2 is 2.09 bits per heavy atom. The van der Waals surface area contributed by atoms with E-state index in [2.05, 4.69) is 0 Å². The number of ketones is 1. The van der Waals surface area contributed by atoms with Gasteiger partial charge in [0.05, 0.1) is 0 Å². The van der Waals surface area contributed by atoms with Crippen LogP contribution in [0.15, 0.2) is 0 Å². The topological polar surface area (TPSA) is 17.1 Å². The predicted octanol–water partition coefficient (Wildman–Crippen LogP) is 2.35. The molecule has 1 rings (SSSR count). The van der Waals surface area contributed by atoms with Gasteiger partial charge < -0.3 is 0 Å². The summed E-state index contributed by atoms with van der Waals surface area (Å²) in [6, 6.07) is 0. The van der Waals surface area contributed by atoms with E-state index in [1.807, 2.05) is 13.8 Å². The Morgan fingerprint density at radius 1 is 1.45 bits per heavy atom. The zero-order valence-electron chi connectivity index (χ0n) is 7.14. The lowest BCUT2D eigenvalue weighted by atomic mass is 9.94. The maximum absolute atomic E-state index is 12.6. The fraction of sp³-hybridized carbons (Fsp3) is 0.889. The Morgan fingerprint density at radius 3 is 2.45 bits per heavy atom. The molecule has 1 saturated carbocycles. The average Bonchev–Trinajstić information content (AvgIpc) is 2.34. The van der Waals surface area contributed by atoms with Crippen molar-refractivity contribution in [2.75, 3.05) is 0 Å². The van der Waals surface area contributed by atoms with Gasteiger partial charge in [0.25, 0.3) is 0 Å². The van der Waals surface area contributed by atoms with Crippen molar-refractivity contribution in [3.05, 3.63) is 0 Å². The van der Waals surface area contributed by atoms with Gasteiger partial charge in [-0.2, -0.15) is 0 Å². The second-order valence-corrected chi connectivity index (χ2v) is 3.66. The van der Waals surface area contributed by atoms with Crippen molar-refractivity contribution in [3.63, 3.8) is 0 Å². The molecule has 2 heteroatoms. The third-order valence-corrected chi connectivity index (χ3v) is 2.34.